The second-order valence-electron chi connectivity index (χ2n) is 7.23. The van der Waals surface area contributed by atoms with E-state index in [-0.39, 0.29) is 6.61 Å². The summed E-state index contributed by atoms with van der Waals surface area (Å²) in [5.41, 5.74) is 2.84. The van der Waals surface area contributed by atoms with E-state index in [0.717, 1.165) is 27.3 Å². The van der Waals surface area contributed by atoms with Crippen LogP contribution < -0.4 is 4.74 Å². The first-order valence-corrected chi connectivity index (χ1v) is 12.0. The van der Waals surface area contributed by atoms with Crippen LogP contribution in [0.3, 0.4) is 0 Å². The van der Waals surface area contributed by atoms with Gasteiger partial charge in [-0.05, 0) is 42.0 Å². The Morgan fingerprint density at radius 3 is 2.55 bits per heavy atom. The predicted molar refractivity (Wildman–Crippen MR) is 133 cm³/mol. The average molecular weight is 493 g/mol. The predicted octanol–water partition coefficient (Wildman–Crippen LogP) is 6.99. The van der Waals surface area contributed by atoms with E-state index in [1.807, 2.05) is 77.4 Å². The van der Waals surface area contributed by atoms with Crippen molar-refractivity contribution in [1.29, 1.82) is 0 Å². The topological polar surface area (TPSA) is 52.8 Å². The molecule has 0 saturated carbocycles. The Hall–Kier alpha value is -3.06. The molecule has 0 aliphatic heterocycles. The van der Waals surface area contributed by atoms with Gasteiger partial charge in [-0.1, -0.05) is 77.4 Å². The number of hydrogen-bond acceptors (Lipinski definition) is 5. The number of hydrogen-bond donors (Lipinski definition) is 0. The first kappa shape index (κ1) is 21.8. The van der Waals surface area contributed by atoms with E-state index >= 15 is 0 Å². The van der Waals surface area contributed by atoms with Gasteiger partial charge in [0.25, 0.3) is 0 Å². The number of nitrogens with zero attached hydrogens (tertiary/aromatic N) is 4. The maximum absolute atomic E-state index is 6.17. The minimum atomic E-state index is 0.255. The smallest absolute Gasteiger partial charge is 0.196 e. The van der Waals surface area contributed by atoms with Crippen LogP contribution in [0.5, 0.6) is 5.75 Å². The number of rotatable bonds is 7. The first-order valence-electron chi connectivity index (χ1n) is 10.2. The van der Waals surface area contributed by atoms with E-state index in [1.54, 1.807) is 24.0 Å². The van der Waals surface area contributed by atoms with Crippen molar-refractivity contribution in [1.82, 2.24) is 19.7 Å². The molecule has 8 heteroatoms. The van der Waals surface area contributed by atoms with Crippen molar-refractivity contribution in [2.24, 2.45) is 0 Å². The lowest BCUT2D eigenvalue weighted by molar-refractivity contribution is 0.296. The van der Waals surface area contributed by atoms with E-state index in [0.29, 0.717) is 27.4 Å². The summed E-state index contributed by atoms with van der Waals surface area (Å²) in [5, 5.41) is 11.7. The van der Waals surface area contributed by atoms with Crippen molar-refractivity contribution in [3.63, 3.8) is 0 Å². The van der Waals surface area contributed by atoms with Gasteiger partial charge in [0, 0.05) is 23.0 Å². The molecule has 5 rings (SSSR count). The minimum Gasteiger partial charge on any atom is -0.483 e. The maximum Gasteiger partial charge on any atom is 0.196 e. The molecular formula is C25H18Cl2N4OS. The Bertz CT molecular complexity index is 1400. The van der Waals surface area contributed by atoms with Crippen molar-refractivity contribution >= 4 is 45.9 Å². The molecule has 0 spiro atoms. The Labute approximate surface area is 205 Å². The summed E-state index contributed by atoms with van der Waals surface area (Å²) in [6, 6.07) is 25.5. The zero-order valence-electron chi connectivity index (χ0n) is 17.4. The second kappa shape index (κ2) is 9.83. The number of pyridine rings is 1. The molecule has 164 valence electrons. The highest BCUT2D eigenvalue weighted by atomic mass is 35.5. The van der Waals surface area contributed by atoms with Gasteiger partial charge < -0.3 is 4.74 Å². The summed E-state index contributed by atoms with van der Waals surface area (Å²) in [5.74, 6) is 2.09. The minimum absolute atomic E-state index is 0.255. The molecule has 0 radical (unpaired) electrons. The Morgan fingerprint density at radius 2 is 1.70 bits per heavy atom. The SMILES string of the molecule is Clc1ccc(CSc2nnc(COc3cccc4cccnc34)n2-c2ccccc2)cc1Cl. The molecule has 3 aromatic carbocycles. The number of halogens is 2. The van der Waals surface area contributed by atoms with Crippen LogP contribution in [0, 0.1) is 0 Å². The van der Waals surface area contributed by atoms with Crippen LogP contribution in [-0.4, -0.2) is 19.7 Å². The van der Waals surface area contributed by atoms with Crippen LogP contribution in [-0.2, 0) is 12.4 Å². The standard InChI is InChI=1S/C25H18Cl2N4OS/c26-20-12-11-17(14-21(20)27)16-33-25-30-29-23(31(25)19-8-2-1-3-9-19)15-32-22-10-4-6-18-7-5-13-28-24(18)22/h1-14H,15-16H2. The molecule has 0 N–H and O–H groups in total. The molecule has 2 aromatic heterocycles. The summed E-state index contributed by atoms with van der Waals surface area (Å²) in [6.45, 7) is 0.255. The second-order valence-corrected chi connectivity index (χ2v) is 8.98. The lowest BCUT2D eigenvalue weighted by Gasteiger charge is -2.12. The summed E-state index contributed by atoms with van der Waals surface area (Å²) < 4.78 is 8.16. The van der Waals surface area contributed by atoms with Gasteiger partial charge in [-0.25, -0.2) is 0 Å². The quantitative estimate of drug-likeness (QED) is 0.229. The number of benzene rings is 3. The fraction of sp³-hybridized carbons (Fsp3) is 0.0800. The molecule has 2 heterocycles. The molecule has 0 atom stereocenters. The van der Waals surface area contributed by atoms with E-state index < -0.39 is 0 Å². The van der Waals surface area contributed by atoms with Crippen molar-refractivity contribution in [2.75, 3.05) is 0 Å². The van der Waals surface area contributed by atoms with Crippen LogP contribution in [0.1, 0.15) is 11.4 Å². The summed E-state index contributed by atoms with van der Waals surface area (Å²) in [4.78, 5) is 4.46. The van der Waals surface area contributed by atoms with Gasteiger partial charge in [0.1, 0.15) is 17.9 Å². The van der Waals surface area contributed by atoms with Gasteiger partial charge in [0.15, 0.2) is 11.0 Å². The van der Waals surface area contributed by atoms with E-state index in [9.17, 15) is 0 Å². The highest BCUT2D eigenvalue weighted by Crippen LogP contribution is 2.29. The third kappa shape index (κ3) is 4.83. The molecule has 5 aromatic rings. The number of fused-ring (bicyclic) bond motifs is 1. The van der Waals surface area contributed by atoms with Gasteiger partial charge in [0.2, 0.25) is 0 Å². The fourth-order valence-electron chi connectivity index (χ4n) is 3.44. The van der Waals surface area contributed by atoms with Crippen LogP contribution in [0.2, 0.25) is 10.0 Å². The third-order valence-corrected chi connectivity index (χ3v) is 6.76. The molecule has 0 aliphatic carbocycles. The lowest BCUT2D eigenvalue weighted by Crippen LogP contribution is -2.07. The molecule has 5 nitrogen and oxygen atoms in total. The molecular weight excluding hydrogens is 475 g/mol. The Kier molecular flexibility index (Phi) is 6.48. The van der Waals surface area contributed by atoms with E-state index in [4.69, 9.17) is 27.9 Å². The third-order valence-electron chi connectivity index (χ3n) is 5.02. The number of thioether (sulfide) groups is 1. The fourth-order valence-corrected chi connectivity index (χ4v) is 4.67. The maximum atomic E-state index is 6.17. The van der Waals surface area contributed by atoms with Gasteiger partial charge in [0.05, 0.1) is 10.0 Å². The summed E-state index contributed by atoms with van der Waals surface area (Å²) in [6.07, 6.45) is 1.76. The summed E-state index contributed by atoms with van der Waals surface area (Å²) >= 11 is 13.8. The largest absolute Gasteiger partial charge is 0.483 e. The molecule has 0 aliphatic rings. The van der Waals surface area contributed by atoms with Crippen molar-refractivity contribution in [3.8, 4) is 11.4 Å². The van der Waals surface area contributed by atoms with E-state index in [1.165, 1.54) is 0 Å². The van der Waals surface area contributed by atoms with Crippen LogP contribution in [0.25, 0.3) is 16.6 Å². The lowest BCUT2D eigenvalue weighted by atomic mass is 10.2. The van der Waals surface area contributed by atoms with Gasteiger partial charge in [-0.2, -0.15) is 0 Å². The van der Waals surface area contributed by atoms with Crippen LogP contribution in [0.4, 0.5) is 0 Å². The molecule has 0 unspecified atom stereocenters. The normalized spacial score (nSPS) is 11.1. The molecule has 0 amide bonds. The molecule has 33 heavy (non-hydrogen) atoms. The van der Waals surface area contributed by atoms with Gasteiger partial charge in [-0.3, -0.25) is 9.55 Å². The highest BCUT2D eigenvalue weighted by Gasteiger charge is 2.16. The van der Waals surface area contributed by atoms with Gasteiger partial charge >= 0.3 is 0 Å². The zero-order chi connectivity index (χ0) is 22.6. The number of para-hydroxylation sites is 2. The molecule has 0 bridgehead atoms. The molecule has 0 fully saturated rings. The van der Waals surface area contributed by atoms with Crippen molar-refractivity contribution < 1.29 is 4.74 Å². The Morgan fingerprint density at radius 1 is 0.848 bits per heavy atom. The van der Waals surface area contributed by atoms with Crippen LogP contribution in [0.15, 0.2) is 90.2 Å². The van der Waals surface area contributed by atoms with Crippen LogP contribution >= 0.6 is 35.0 Å². The average Bonchev–Trinajstić information content (AvgIpc) is 3.26. The zero-order valence-corrected chi connectivity index (χ0v) is 19.7. The highest BCUT2D eigenvalue weighted by molar-refractivity contribution is 7.98. The molecule has 0 saturated heterocycles. The summed E-state index contributed by atoms with van der Waals surface area (Å²) in [7, 11) is 0. The Balaban J connectivity index is 1.42. The number of ether oxygens (including phenoxy) is 1. The van der Waals surface area contributed by atoms with E-state index in [2.05, 4.69) is 15.2 Å². The first-order chi connectivity index (χ1) is 16.2. The van der Waals surface area contributed by atoms with Crippen molar-refractivity contribution in [3.05, 3.63) is 106 Å². The van der Waals surface area contributed by atoms with Gasteiger partial charge in [-0.15, -0.1) is 10.2 Å². The number of aromatic nitrogens is 4. The monoisotopic (exact) mass is 492 g/mol. The van der Waals surface area contributed by atoms with Crippen molar-refractivity contribution in [2.45, 2.75) is 17.5 Å².